The smallest absolute Gasteiger partial charge is 0.277 e. The molecular formula is C43H52N5O2S+. The minimum absolute atomic E-state index is 0.800. The van der Waals surface area contributed by atoms with Crippen molar-refractivity contribution in [1.29, 1.82) is 0 Å². The van der Waals surface area contributed by atoms with Gasteiger partial charge < -0.3 is 24.2 Å². The van der Waals surface area contributed by atoms with Crippen molar-refractivity contribution in [1.82, 2.24) is 9.80 Å². The Balaban J connectivity index is 1.44. The van der Waals surface area contributed by atoms with Crippen LogP contribution in [0.1, 0.15) is 24.0 Å². The van der Waals surface area contributed by atoms with E-state index in [1.807, 2.05) is 30.0 Å². The van der Waals surface area contributed by atoms with Crippen molar-refractivity contribution in [2.45, 2.75) is 24.3 Å². The summed E-state index contributed by atoms with van der Waals surface area (Å²) < 4.78 is 14.0. The minimum atomic E-state index is 0.800. The number of methoxy groups -OCH3 is 2. The van der Waals surface area contributed by atoms with Gasteiger partial charge in [0.25, 0.3) is 5.82 Å². The quantitative estimate of drug-likeness (QED) is 0.102. The zero-order valence-corrected chi connectivity index (χ0v) is 32.0. The SMILES string of the molecule is COc1cccc(OC)c1-c1ccc2c(c1)SC(=Cc1cc(N(CCCN(C)C)CCCN(C)C)[n+](Cc3ccccc3)c3ccccc13)N2C. The van der Waals surface area contributed by atoms with Crippen molar-refractivity contribution in [2.24, 2.45) is 0 Å². The van der Waals surface area contributed by atoms with Gasteiger partial charge in [-0.15, -0.1) is 0 Å². The van der Waals surface area contributed by atoms with E-state index in [2.05, 4.69) is 144 Å². The van der Waals surface area contributed by atoms with Gasteiger partial charge in [-0.05, 0) is 94.1 Å². The molecule has 0 radical (unpaired) electrons. The summed E-state index contributed by atoms with van der Waals surface area (Å²) in [4.78, 5) is 10.7. The molecule has 0 saturated carbocycles. The summed E-state index contributed by atoms with van der Waals surface area (Å²) in [7, 11) is 14.2. The van der Waals surface area contributed by atoms with Crippen molar-refractivity contribution in [3.63, 3.8) is 0 Å². The lowest BCUT2D eigenvalue weighted by Crippen LogP contribution is -2.45. The normalized spacial score (nSPS) is 13.4. The van der Waals surface area contributed by atoms with Gasteiger partial charge in [0, 0.05) is 36.5 Å². The molecular weight excluding hydrogens is 651 g/mol. The zero-order chi connectivity index (χ0) is 35.9. The average molecular weight is 703 g/mol. The number of ether oxygens (including phenoxy) is 2. The number of para-hydroxylation sites is 1. The highest BCUT2D eigenvalue weighted by Crippen LogP contribution is 2.49. The molecule has 4 aromatic carbocycles. The van der Waals surface area contributed by atoms with Gasteiger partial charge >= 0.3 is 0 Å². The summed E-state index contributed by atoms with van der Waals surface area (Å²) in [6.07, 6.45) is 4.57. The molecule has 1 aliphatic rings. The second kappa shape index (κ2) is 16.7. The highest BCUT2D eigenvalue weighted by molar-refractivity contribution is 8.03. The van der Waals surface area contributed by atoms with Crippen LogP contribution in [0.25, 0.3) is 28.1 Å². The van der Waals surface area contributed by atoms with Crippen LogP contribution < -0.4 is 23.8 Å². The fourth-order valence-electron chi connectivity index (χ4n) is 6.90. The third kappa shape index (κ3) is 8.36. The summed E-state index contributed by atoms with van der Waals surface area (Å²) in [6.45, 7) is 4.89. The topological polar surface area (TPSA) is 35.3 Å². The van der Waals surface area contributed by atoms with Gasteiger partial charge in [-0.25, -0.2) is 4.57 Å². The van der Waals surface area contributed by atoms with Crippen LogP contribution >= 0.6 is 11.8 Å². The van der Waals surface area contributed by atoms with Gasteiger partial charge in [0.05, 0.1) is 43.6 Å². The van der Waals surface area contributed by atoms with Crippen LogP contribution in [-0.4, -0.2) is 85.4 Å². The third-order valence-electron chi connectivity index (χ3n) is 9.50. The van der Waals surface area contributed by atoms with E-state index in [1.54, 1.807) is 14.2 Å². The summed E-state index contributed by atoms with van der Waals surface area (Å²) >= 11 is 1.81. The number of nitrogens with zero attached hydrogens (tertiary/aromatic N) is 5. The monoisotopic (exact) mass is 702 g/mol. The number of anilines is 2. The van der Waals surface area contributed by atoms with E-state index in [-0.39, 0.29) is 0 Å². The number of rotatable bonds is 15. The summed E-state index contributed by atoms with van der Waals surface area (Å²) in [5, 5.41) is 2.44. The Morgan fingerprint density at radius 2 is 1.37 bits per heavy atom. The molecule has 0 unspecified atom stereocenters. The second-order valence-corrected chi connectivity index (χ2v) is 14.8. The van der Waals surface area contributed by atoms with Crippen molar-refractivity contribution >= 4 is 40.2 Å². The first kappa shape index (κ1) is 36.3. The van der Waals surface area contributed by atoms with Gasteiger partial charge in [0.15, 0.2) is 0 Å². The van der Waals surface area contributed by atoms with Crippen molar-refractivity contribution < 1.29 is 14.0 Å². The summed E-state index contributed by atoms with van der Waals surface area (Å²) in [5.41, 5.74) is 7.00. The number of fused-ring (bicyclic) bond motifs is 2. The molecule has 8 heteroatoms. The molecule has 2 heterocycles. The first-order chi connectivity index (χ1) is 24.8. The van der Waals surface area contributed by atoms with E-state index in [4.69, 9.17) is 9.47 Å². The summed E-state index contributed by atoms with van der Waals surface area (Å²) in [6, 6.07) is 34.8. The number of benzene rings is 4. The predicted molar refractivity (Wildman–Crippen MR) is 215 cm³/mol. The van der Waals surface area contributed by atoms with Crippen LogP contribution in [0, 0.1) is 0 Å². The lowest BCUT2D eigenvalue weighted by Gasteiger charge is -2.24. The predicted octanol–water partition coefficient (Wildman–Crippen LogP) is 8.11. The molecule has 0 bridgehead atoms. The molecule has 7 nitrogen and oxygen atoms in total. The number of aromatic nitrogens is 1. The third-order valence-corrected chi connectivity index (χ3v) is 10.7. The maximum Gasteiger partial charge on any atom is 0.277 e. The van der Waals surface area contributed by atoms with Crippen LogP contribution in [-0.2, 0) is 6.54 Å². The molecule has 0 fully saturated rings. The highest BCUT2D eigenvalue weighted by atomic mass is 32.2. The van der Waals surface area contributed by atoms with Gasteiger partial charge in [-0.2, -0.15) is 0 Å². The maximum absolute atomic E-state index is 5.75. The summed E-state index contributed by atoms with van der Waals surface area (Å²) in [5.74, 6) is 2.86. The largest absolute Gasteiger partial charge is 0.496 e. The first-order valence-corrected chi connectivity index (χ1v) is 18.6. The van der Waals surface area contributed by atoms with Gasteiger partial charge in [-0.3, -0.25) is 4.90 Å². The van der Waals surface area contributed by atoms with E-state index in [0.717, 1.165) is 68.2 Å². The number of thioether (sulfide) groups is 1. The molecule has 5 aromatic rings. The molecule has 0 N–H and O–H groups in total. The van der Waals surface area contributed by atoms with Gasteiger partial charge in [0.1, 0.15) is 23.6 Å². The van der Waals surface area contributed by atoms with Crippen LogP contribution in [0.15, 0.2) is 107 Å². The average Bonchev–Trinajstić information content (AvgIpc) is 3.45. The van der Waals surface area contributed by atoms with E-state index in [0.29, 0.717) is 0 Å². The lowest BCUT2D eigenvalue weighted by atomic mass is 10.0. The molecule has 0 amide bonds. The second-order valence-electron chi connectivity index (χ2n) is 13.7. The minimum Gasteiger partial charge on any atom is -0.496 e. The van der Waals surface area contributed by atoms with Crippen LogP contribution in [0.4, 0.5) is 11.5 Å². The zero-order valence-electron chi connectivity index (χ0n) is 31.2. The van der Waals surface area contributed by atoms with E-state index in [1.165, 1.54) is 43.5 Å². The molecule has 1 aliphatic heterocycles. The molecule has 0 atom stereocenters. The Bertz CT molecular complexity index is 1940. The van der Waals surface area contributed by atoms with Crippen molar-refractivity contribution in [2.75, 3.05) is 85.4 Å². The molecule has 0 saturated heterocycles. The number of hydrogen-bond acceptors (Lipinski definition) is 7. The Morgan fingerprint density at radius 1 is 0.725 bits per heavy atom. The van der Waals surface area contributed by atoms with E-state index < -0.39 is 0 Å². The van der Waals surface area contributed by atoms with Gasteiger partial charge in [0.2, 0.25) is 0 Å². The van der Waals surface area contributed by atoms with Crippen LogP contribution in [0.2, 0.25) is 0 Å². The van der Waals surface area contributed by atoms with Crippen molar-refractivity contribution in [3.05, 3.63) is 113 Å². The van der Waals surface area contributed by atoms with E-state index >= 15 is 0 Å². The molecule has 266 valence electrons. The Hall–Kier alpha value is -4.50. The lowest BCUT2D eigenvalue weighted by molar-refractivity contribution is -0.649. The first-order valence-electron chi connectivity index (χ1n) is 17.8. The van der Waals surface area contributed by atoms with Crippen LogP contribution in [0.5, 0.6) is 11.5 Å². The molecule has 6 rings (SSSR count). The fourth-order valence-corrected chi connectivity index (χ4v) is 8.05. The van der Waals surface area contributed by atoms with E-state index in [9.17, 15) is 0 Å². The maximum atomic E-state index is 5.75. The Labute approximate surface area is 308 Å². The highest BCUT2D eigenvalue weighted by Gasteiger charge is 2.27. The standard InChI is InChI=1S/C43H52N5O2S/c1-44(2)24-14-26-47(27-15-25-45(3)4)41-29-34(35-18-11-12-19-36(35)48(41)31-32-16-9-8-10-17-32)30-42-46(5)37-23-22-33(28-40(37)51-42)43-38(49-6)20-13-21-39(43)50-7/h8-13,16-23,28-30H,14-15,24-27,31H2,1-7H3/q+1. The van der Waals surface area contributed by atoms with Gasteiger partial charge in [-0.1, -0.05) is 72.4 Å². The number of pyridine rings is 1. The molecule has 0 spiro atoms. The molecule has 1 aromatic heterocycles. The molecule has 51 heavy (non-hydrogen) atoms. The van der Waals surface area contributed by atoms with Crippen LogP contribution in [0.3, 0.4) is 0 Å². The van der Waals surface area contributed by atoms with Crippen molar-refractivity contribution in [3.8, 4) is 22.6 Å². The Kier molecular flexibility index (Phi) is 11.9. The number of hydrogen-bond donors (Lipinski definition) is 0. The fraction of sp³-hybridized carbons (Fsp3) is 0.326. The Morgan fingerprint density at radius 3 is 2.02 bits per heavy atom. The molecule has 0 aliphatic carbocycles.